The molecule has 0 saturated carbocycles. The molecule has 20 heavy (non-hydrogen) atoms. The summed E-state index contributed by atoms with van der Waals surface area (Å²) in [7, 11) is -1.86. The Hall–Kier alpha value is -0.600. The van der Waals surface area contributed by atoms with Crippen molar-refractivity contribution in [2.75, 3.05) is 25.6 Å². The summed E-state index contributed by atoms with van der Waals surface area (Å²) in [6.45, 7) is 0.738. The maximum absolute atomic E-state index is 12.8. The highest BCUT2D eigenvalue weighted by molar-refractivity contribution is 7.98. The Morgan fingerprint density at radius 1 is 1.35 bits per heavy atom. The quantitative estimate of drug-likeness (QED) is 0.883. The zero-order valence-electron chi connectivity index (χ0n) is 11.5. The van der Waals surface area contributed by atoms with E-state index in [4.69, 9.17) is 5.73 Å². The number of sulfonamides is 1. The fourth-order valence-electron chi connectivity index (χ4n) is 1.99. The first kappa shape index (κ1) is 15.8. The van der Waals surface area contributed by atoms with Gasteiger partial charge in [-0.15, -0.1) is 11.3 Å². The third kappa shape index (κ3) is 2.87. The molecule has 0 saturated heterocycles. The summed E-state index contributed by atoms with van der Waals surface area (Å²) in [5, 5.41) is 0.772. The molecule has 0 amide bonds. The van der Waals surface area contributed by atoms with Gasteiger partial charge in [0, 0.05) is 40.9 Å². The van der Waals surface area contributed by atoms with Crippen LogP contribution < -0.4 is 5.73 Å². The Morgan fingerprint density at radius 3 is 2.70 bits per heavy atom. The topological polar surface area (TPSA) is 63.4 Å². The first-order chi connectivity index (χ1) is 9.52. The monoisotopic (exact) mass is 330 g/mol. The van der Waals surface area contributed by atoms with Crippen LogP contribution in [-0.4, -0.2) is 38.3 Å². The van der Waals surface area contributed by atoms with Gasteiger partial charge in [0.15, 0.2) is 0 Å². The molecule has 2 rings (SSSR count). The normalized spacial score (nSPS) is 12.4. The molecule has 0 aliphatic rings. The van der Waals surface area contributed by atoms with E-state index in [-0.39, 0.29) is 6.54 Å². The minimum atomic E-state index is -3.49. The molecule has 0 radical (unpaired) electrons. The third-order valence-electron chi connectivity index (χ3n) is 3.08. The fourth-order valence-corrected chi connectivity index (χ4v) is 5.51. The zero-order valence-corrected chi connectivity index (χ0v) is 13.9. The van der Waals surface area contributed by atoms with Crippen molar-refractivity contribution in [3.8, 4) is 0 Å². The number of hydrogen-bond acceptors (Lipinski definition) is 5. The highest BCUT2D eigenvalue weighted by atomic mass is 32.2. The average molecular weight is 331 g/mol. The van der Waals surface area contributed by atoms with Crippen LogP contribution in [-0.2, 0) is 16.6 Å². The summed E-state index contributed by atoms with van der Waals surface area (Å²) in [6, 6.07) is 7.55. The van der Waals surface area contributed by atoms with Crippen LogP contribution in [0.4, 0.5) is 0 Å². The molecule has 0 aliphatic carbocycles. The molecule has 1 aromatic carbocycles. The third-order valence-corrected chi connectivity index (χ3v) is 6.98. The molecule has 0 atom stereocenters. The van der Waals surface area contributed by atoms with E-state index in [0.717, 1.165) is 20.7 Å². The van der Waals surface area contributed by atoms with Crippen LogP contribution >= 0.6 is 23.1 Å². The maximum atomic E-state index is 12.8. The summed E-state index contributed by atoms with van der Waals surface area (Å²) < 4.78 is 27.9. The van der Waals surface area contributed by atoms with Crippen LogP contribution in [0.25, 0.3) is 10.1 Å². The van der Waals surface area contributed by atoms with Crippen molar-refractivity contribution < 1.29 is 8.42 Å². The number of benzene rings is 1. The number of nitrogens with zero attached hydrogens (tertiary/aromatic N) is 1. The lowest BCUT2D eigenvalue weighted by Gasteiger charge is -2.17. The van der Waals surface area contributed by atoms with Gasteiger partial charge in [-0.25, -0.2) is 12.7 Å². The van der Waals surface area contributed by atoms with Crippen LogP contribution in [0.1, 0.15) is 4.88 Å². The van der Waals surface area contributed by atoms with Crippen LogP contribution in [0.15, 0.2) is 29.2 Å². The number of hydrogen-bond donors (Lipinski definition) is 1. The number of fused-ring (bicyclic) bond motifs is 1. The van der Waals surface area contributed by atoms with Gasteiger partial charge in [0.25, 0.3) is 0 Å². The largest absolute Gasteiger partial charge is 0.326 e. The van der Waals surface area contributed by atoms with Gasteiger partial charge in [-0.1, -0.05) is 18.2 Å². The molecule has 2 aromatic rings. The van der Waals surface area contributed by atoms with Crippen molar-refractivity contribution in [2.24, 2.45) is 5.73 Å². The Bertz CT molecular complexity index is 695. The van der Waals surface area contributed by atoms with Gasteiger partial charge in [-0.2, -0.15) is 11.8 Å². The van der Waals surface area contributed by atoms with E-state index in [1.807, 2.05) is 30.5 Å². The van der Waals surface area contributed by atoms with Gasteiger partial charge in [0.05, 0.1) is 0 Å². The van der Waals surface area contributed by atoms with E-state index in [0.29, 0.717) is 11.4 Å². The van der Waals surface area contributed by atoms with Crippen LogP contribution in [0, 0.1) is 0 Å². The van der Waals surface area contributed by atoms with Crippen LogP contribution in [0.2, 0.25) is 0 Å². The van der Waals surface area contributed by atoms with Gasteiger partial charge in [0.2, 0.25) is 10.0 Å². The lowest BCUT2D eigenvalue weighted by atomic mass is 10.2. The minimum absolute atomic E-state index is 0.240. The lowest BCUT2D eigenvalue weighted by Crippen LogP contribution is -2.29. The van der Waals surface area contributed by atoms with Crippen molar-refractivity contribution >= 4 is 43.2 Å². The molecule has 0 fully saturated rings. The zero-order chi connectivity index (χ0) is 14.8. The SMILES string of the molecule is CSCCN(C)S(=O)(=O)c1c(CN)sc2ccccc12. The van der Waals surface area contributed by atoms with E-state index >= 15 is 0 Å². The summed E-state index contributed by atoms with van der Waals surface area (Å²) in [5.41, 5.74) is 5.73. The molecular weight excluding hydrogens is 312 g/mol. The highest BCUT2D eigenvalue weighted by Crippen LogP contribution is 2.35. The molecule has 0 spiro atoms. The van der Waals surface area contributed by atoms with Gasteiger partial charge in [0.1, 0.15) is 4.90 Å². The number of nitrogens with two attached hydrogens (primary N) is 1. The molecule has 110 valence electrons. The summed E-state index contributed by atoms with van der Waals surface area (Å²) >= 11 is 3.08. The molecule has 7 heteroatoms. The lowest BCUT2D eigenvalue weighted by molar-refractivity contribution is 0.489. The smallest absolute Gasteiger partial charge is 0.244 e. The Morgan fingerprint density at radius 2 is 2.05 bits per heavy atom. The predicted octanol–water partition coefficient (Wildman–Crippen LogP) is 2.34. The second-order valence-corrected chi connectivity index (χ2v) is 8.48. The Labute approximate surface area is 128 Å². The highest BCUT2D eigenvalue weighted by Gasteiger charge is 2.27. The second-order valence-electron chi connectivity index (χ2n) is 4.37. The van der Waals surface area contributed by atoms with E-state index in [9.17, 15) is 8.42 Å². The standard InChI is InChI=1S/C13H18N2O2S3/c1-15(7-8-18-2)20(16,17)13-10-5-3-4-6-11(10)19-12(13)9-14/h3-6H,7-9,14H2,1-2H3. The van der Waals surface area contributed by atoms with E-state index < -0.39 is 10.0 Å². The number of thiophene rings is 1. The van der Waals surface area contributed by atoms with Gasteiger partial charge in [-0.3, -0.25) is 0 Å². The summed E-state index contributed by atoms with van der Waals surface area (Å²) in [5.74, 6) is 0.774. The van der Waals surface area contributed by atoms with E-state index in [1.165, 1.54) is 15.6 Å². The fraction of sp³-hybridized carbons (Fsp3) is 0.385. The van der Waals surface area contributed by atoms with Crippen molar-refractivity contribution in [1.82, 2.24) is 4.31 Å². The minimum Gasteiger partial charge on any atom is -0.326 e. The van der Waals surface area contributed by atoms with Crippen LogP contribution in [0.3, 0.4) is 0 Å². The molecular formula is C13H18N2O2S3. The van der Waals surface area contributed by atoms with Crippen molar-refractivity contribution in [2.45, 2.75) is 11.4 Å². The molecule has 1 aromatic heterocycles. The first-order valence-corrected chi connectivity index (χ1v) is 9.83. The first-order valence-electron chi connectivity index (χ1n) is 6.18. The van der Waals surface area contributed by atoms with Gasteiger partial charge < -0.3 is 5.73 Å². The molecule has 0 bridgehead atoms. The molecule has 2 N–H and O–H groups in total. The van der Waals surface area contributed by atoms with E-state index in [1.54, 1.807) is 18.8 Å². The average Bonchev–Trinajstić information content (AvgIpc) is 2.83. The molecule has 0 unspecified atom stereocenters. The second kappa shape index (κ2) is 6.44. The number of thioether (sulfide) groups is 1. The molecule has 1 heterocycles. The summed E-state index contributed by atoms with van der Waals surface area (Å²) in [6.07, 6.45) is 1.96. The van der Waals surface area contributed by atoms with E-state index in [2.05, 4.69) is 0 Å². The van der Waals surface area contributed by atoms with Crippen molar-refractivity contribution in [1.29, 1.82) is 0 Å². The Kier molecular flexibility index (Phi) is 5.09. The molecule has 0 aliphatic heterocycles. The number of rotatable bonds is 6. The Balaban J connectivity index is 2.55. The van der Waals surface area contributed by atoms with Crippen LogP contribution in [0.5, 0.6) is 0 Å². The molecule has 4 nitrogen and oxygen atoms in total. The maximum Gasteiger partial charge on any atom is 0.244 e. The van der Waals surface area contributed by atoms with Gasteiger partial charge in [-0.05, 0) is 12.3 Å². The van der Waals surface area contributed by atoms with Crippen molar-refractivity contribution in [3.05, 3.63) is 29.1 Å². The van der Waals surface area contributed by atoms with Gasteiger partial charge >= 0.3 is 0 Å². The van der Waals surface area contributed by atoms with Crippen molar-refractivity contribution in [3.63, 3.8) is 0 Å². The predicted molar refractivity (Wildman–Crippen MR) is 87.9 cm³/mol. The summed E-state index contributed by atoms with van der Waals surface area (Å²) in [4.78, 5) is 1.10.